The minimum absolute atomic E-state index is 0.247. The fourth-order valence-corrected chi connectivity index (χ4v) is 3.09. The molecule has 128 valence electrons. The molecule has 0 unspecified atom stereocenters. The first-order valence-electron chi connectivity index (χ1n) is 7.80. The summed E-state index contributed by atoms with van der Waals surface area (Å²) in [5.41, 5.74) is 3.19. The largest absolute Gasteiger partial charge is 0.461 e. The second-order valence-electron chi connectivity index (χ2n) is 5.41. The quantitative estimate of drug-likeness (QED) is 0.581. The lowest BCUT2D eigenvalue weighted by Gasteiger charge is -2.10. The van der Waals surface area contributed by atoms with E-state index in [2.05, 4.69) is 21.0 Å². The molecule has 4 nitrogen and oxygen atoms in total. The third-order valence-electron chi connectivity index (χ3n) is 3.79. The van der Waals surface area contributed by atoms with Gasteiger partial charge in [-0.15, -0.1) is 0 Å². The van der Waals surface area contributed by atoms with E-state index >= 15 is 0 Å². The summed E-state index contributed by atoms with van der Waals surface area (Å²) in [6.07, 6.45) is 0. The van der Waals surface area contributed by atoms with Gasteiger partial charge in [0.1, 0.15) is 5.82 Å². The summed E-state index contributed by atoms with van der Waals surface area (Å²) >= 11 is 3.52. The SMILES string of the molecule is CCOC(=O)c1nn(-c2ccccc2Br)c(-c2ccc(F)cc2)c1C. The lowest BCUT2D eigenvalue weighted by Crippen LogP contribution is -2.07. The topological polar surface area (TPSA) is 44.1 Å². The monoisotopic (exact) mass is 402 g/mol. The lowest BCUT2D eigenvalue weighted by atomic mass is 10.1. The first-order chi connectivity index (χ1) is 12.0. The second-order valence-corrected chi connectivity index (χ2v) is 6.27. The minimum atomic E-state index is -0.478. The molecule has 0 radical (unpaired) electrons. The van der Waals surface area contributed by atoms with Crippen LogP contribution < -0.4 is 0 Å². The Hall–Kier alpha value is -2.47. The summed E-state index contributed by atoms with van der Waals surface area (Å²) in [6, 6.07) is 13.7. The van der Waals surface area contributed by atoms with Crippen LogP contribution in [0.25, 0.3) is 16.9 Å². The van der Waals surface area contributed by atoms with Crippen LogP contribution in [0.15, 0.2) is 53.0 Å². The van der Waals surface area contributed by atoms with Crippen LogP contribution in [0.1, 0.15) is 23.0 Å². The van der Waals surface area contributed by atoms with Gasteiger partial charge in [0.05, 0.1) is 18.0 Å². The van der Waals surface area contributed by atoms with Crippen molar-refractivity contribution in [3.8, 4) is 16.9 Å². The van der Waals surface area contributed by atoms with E-state index in [9.17, 15) is 9.18 Å². The number of hydrogen-bond donors (Lipinski definition) is 0. The molecule has 0 aliphatic carbocycles. The van der Waals surface area contributed by atoms with Gasteiger partial charge < -0.3 is 4.74 Å². The van der Waals surface area contributed by atoms with Gasteiger partial charge in [-0.2, -0.15) is 5.10 Å². The summed E-state index contributed by atoms with van der Waals surface area (Å²) in [6.45, 7) is 3.83. The van der Waals surface area contributed by atoms with Crippen LogP contribution in [0.2, 0.25) is 0 Å². The minimum Gasteiger partial charge on any atom is -0.461 e. The predicted molar refractivity (Wildman–Crippen MR) is 97.4 cm³/mol. The molecule has 6 heteroatoms. The van der Waals surface area contributed by atoms with Crippen LogP contribution in [0.3, 0.4) is 0 Å². The predicted octanol–water partition coefficient (Wildman–Crippen LogP) is 4.93. The van der Waals surface area contributed by atoms with Gasteiger partial charge in [-0.25, -0.2) is 13.9 Å². The van der Waals surface area contributed by atoms with Gasteiger partial charge in [0, 0.05) is 15.6 Å². The number of carbonyl (C=O) groups excluding carboxylic acids is 1. The van der Waals surface area contributed by atoms with Crippen molar-refractivity contribution in [1.82, 2.24) is 9.78 Å². The molecule has 1 heterocycles. The van der Waals surface area contributed by atoms with Crippen molar-refractivity contribution in [2.45, 2.75) is 13.8 Å². The van der Waals surface area contributed by atoms with Crippen LogP contribution in [0.4, 0.5) is 4.39 Å². The molecule has 0 aliphatic heterocycles. The molecule has 0 amide bonds. The Kier molecular flexibility index (Phi) is 4.99. The summed E-state index contributed by atoms with van der Waals surface area (Å²) in [5, 5.41) is 4.48. The molecular weight excluding hydrogens is 387 g/mol. The van der Waals surface area contributed by atoms with Crippen molar-refractivity contribution < 1.29 is 13.9 Å². The van der Waals surface area contributed by atoms with E-state index in [-0.39, 0.29) is 18.1 Å². The number of halogens is 2. The van der Waals surface area contributed by atoms with Crippen molar-refractivity contribution in [2.24, 2.45) is 0 Å². The van der Waals surface area contributed by atoms with Gasteiger partial charge in [0.15, 0.2) is 5.69 Å². The third-order valence-corrected chi connectivity index (χ3v) is 4.46. The number of rotatable bonds is 4. The molecule has 0 saturated heterocycles. The molecule has 0 fully saturated rings. The van der Waals surface area contributed by atoms with E-state index in [1.54, 1.807) is 23.7 Å². The van der Waals surface area contributed by atoms with Gasteiger partial charge >= 0.3 is 5.97 Å². The molecule has 0 saturated carbocycles. The Morgan fingerprint density at radius 2 is 1.88 bits per heavy atom. The highest BCUT2D eigenvalue weighted by atomic mass is 79.9. The lowest BCUT2D eigenvalue weighted by molar-refractivity contribution is 0.0518. The molecule has 0 N–H and O–H groups in total. The number of hydrogen-bond acceptors (Lipinski definition) is 3. The van der Waals surface area contributed by atoms with Gasteiger partial charge in [-0.3, -0.25) is 0 Å². The number of esters is 1. The molecule has 0 spiro atoms. The summed E-state index contributed by atoms with van der Waals surface area (Å²) in [4.78, 5) is 12.3. The summed E-state index contributed by atoms with van der Waals surface area (Å²) < 4.78 is 20.9. The molecule has 0 aliphatic rings. The van der Waals surface area contributed by atoms with E-state index in [4.69, 9.17) is 4.74 Å². The van der Waals surface area contributed by atoms with E-state index < -0.39 is 5.97 Å². The van der Waals surface area contributed by atoms with Gasteiger partial charge in [-0.05, 0) is 66.2 Å². The van der Waals surface area contributed by atoms with E-state index in [1.165, 1.54) is 12.1 Å². The van der Waals surface area contributed by atoms with Crippen molar-refractivity contribution in [1.29, 1.82) is 0 Å². The van der Waals surface area contributed by atoms with Gasteiger partial charge in [0.25, 0.3) is 0 Å². The Balaban J connectivity index is 2.25. The first-order valence-corrected chi connectivity index (χ1v) is 8.59. The molecule has 2 aromatic carbocycles. The van der Waals surface area contributed by atoms with Gasteiger partial charge in [0.2, 0.25) is 0 Å². The maximum atomic E-state index is 13.3. The third kappa shape index (κ3) is 3.35. The van der Waals surface area contributed by atoms with Crippen LogP contribution in [0, 0.1) is 12.7 Å². The molecule has 25 heavy (non-hydrogen) atoms. The average molecular weight is 403 g/mol. The Morgan fingerprint density at radius 3 is 2.52 bits per heavy atom. The molecule has 1 aromatic heterocycles. The second kappa shape index (κ2) is 7.19. The zero-order chi connectivity index (χ0) is 18.0. The van der Waals surface area contributed by atoms with Crippen molar-refractivity contribution >= 4 is 21.9 Å². The fourth-order valence-electron chi connectivity index (χ4n) is 2.63. The fraction of sp³-hybridized carbons (Fsp3) is 0.158. The van der Waals surface area contributed by atoms with Crippen LogP contribution in [0.5, 0.6) is 0 Å². The van der Waals surface area contributed by atoms with Crippen molar-refractivity contribution in [3.63, 3.8) is 0 Å². The van der Waals surface area contributed by atoms with Crippen molar-refractivity contribution in [3.05, 3.63) is 70.1 Å². The van der Waals surface area contributed by atoms with Crippen molar-refractivity contribution in [2.75, 3.05) is 6.61 Å². The Bertz CT molecular complexity index is 920. The molecule has 3 aromatic rings. The normalized spacial score (nSPS) is 10.7. The van der Waals surface area contributed by atoms with Crippen LogP contribution in [-0.2, 0) is 4.74 Å². The molecular formula is C19H16BrFN2O2. The van der Waals surface area contributed by atoms with E-state index in [1.807, 2.05) is 31.2 Å². The average Bonchev–Trinajstić information content (AvgIpc) is 2.94. The highest BCUT2D eigenvalue weighted by Gasteiger charge is 2.23. The molecule has 0 atom stereocenters. The summed E-state index contributed by atoms with van der Waals surface area (Å²) in [5.74, 6) is -0.798. The molecule has 0 bridgehead atoms. The number of nitrogens with zero attached hydrogens (tertiary/aromatic N) is 2. The standard InChI is InChI=1S/C19H16BrFN2O2/c1-3-25-19(24)17-12(2)18(13-8-10-14(21)11-9-13)23(22-17)16-7-5-4-6-15(16)20/h4-11H,3H2,1-2H3. The van der Waals surface area contributed by atoms with E-state index in [0.717, 1.165) is 21.4 Å². The number of para-hydroxylation sites is 1. The zero-order valence-corrected chi connectivity index (χ0v) is 15.4. The Labute approximate surface area is 153 Å². The number of ether oxygens (including phenoxy) is 1. The molecule has 3 rings (SSSR count). The highest BCUT2D eigenvalue weighted by Crippen LogP contribution is 2.31. The zero-order valence-electron chi connectivity index (χ0n) is 13.8. The van der Waals surface area contributed by atoms with Crippen LogP contribution in [-0.4, -0.2) is 22.4 Å². The van der Waals surface area contributed by atoms with Crippen LogP contribution >= 0.6 is 15.9 Å². The highest BCUT2D eigenvalue weighted by molar-refractivity contribution is 9.10. The first kappa shape index (κ1) is 17.4. The van der Waals surface area contributed by atoms with E-state index in [0.29, 0.717) is 5.56 Å². The number of benzene rings is 2. The smallest absolute Gasteiger partial charge is 0.359 e. The summed E-state index contributed by atoms with van der Waals surface area (Å²) in [7, 11) is 0. The maximum Gasteiger partial charge on any atom is 0.359 e. The van der Waals surface area contributed by atoms with Gasteiger partial charge in [-0.1, -0.05) is 12.1 Å². The number of aromatic nitrogens is 2. The maximum absolute atomic E-state index is 13.3. The Morgan fingerprint density at radius 1 is 1.20 bits per heavy atom. The number of carbonyl (C=O) groups is 1.